The molecule has 0 saturated carbocycles. The van der Waals surface area contributed by atoms with Crippen molar-refractivity contribution in [2.24, 2.45) is 5.73 Å². The zero-order valence-corrected chi connectivity index (χ0v) is 8.00. The summed E-state index contributed by atoms with van der Waals surface area (Å²) in [4.78, 5) is 9.95. The fraction of sp³-hybridized carbons (Fsp3) is 0.250. The first-order chi connectivity index (χ1) is 6.13. The summed E-state index contributed by atoms with van der Waals surface area (Å²) in [5.41, 5.74) is 7.24. The highest BCUT2D eigenvalue weighted by Gasteiger charge is 2.07. The van der Waals surface area contributed by atoms with Gasteiger partial charge in [0.1, 0.15) is 0 Å². The van der Waals surface area contributed by atoms with E-state index >= 15 is 0 Å². The minimum atomic E-state index is -0.389. The zero-order valence-electron chi connectivity index (χ0n) is 7.19. The molecular formula is C8H10N2O2S. The Hall–Kier alpha value is -1.20. The Morgan fingerprint density at radius 1 is 1.85 bits per heavy atom. The molecule has 70 valence electrons. The second-order valence-electron chi connectivity index (χ2n) is 2.67. The Balaban J connectivity index is 2.86. The van der Waals surface area contributed by atoms with Crippen molar-refractivity contribution in [1.29, 1.82) is 0 Å². The van der Waals surface area contributed by atoms with Crippen LogP contribution in [-0.4, -0.2) is 11.5 Å². The first kappa shape index (κ1) is 9.88. The molecular weight excluding hydrogens is 188 g/mol. The lowest BCUT2D eigenvalue weighted by Gasteiger charge is -1.91. The fourth-order valence-electron chi connectivity index (χ4n) is 0.854. The third kappa shape index (κ3) is 2.64. The largest absolute Gasteiger partial charge is 0.327 e. The number of nitrogens with zero attached hydrogens (tertiary/aromatic N) is 1. The van der Waals surface area contributed by atoms with Gasteiger partial charge in [0.2, 0.25) is 0 Å². The van der Waals surface area contributed by atoms with Gasteiger partial charge >= 0.3 is 5.00 Å². The van der Waals surface area contributed by atoms with E-state index in [1.165, 1.54) is 0 Å². The Labute approximate surface area is 79.8 Å². The van der Waals surface area contributed by atoms with Gasteiger partial charge in [-0.05, 0) is 12.5 Å². The van der Waals surface area contributed by atoms with E-state index in [0.29, 0.717) is 6.54 Å². The van der Waals surface area contributed by atoms with Crippen molar-refractivity contribution in [2.45, 2.75) is 6.92 Å². The highest BCUT2D eigenvalue weighted by molar-refractivity contribution is 7.13. The van der Waals surface area contributed by atoms with Crippen LogP contribution in [-0.2, 0) is 0 Å². The van der Waals surface area contributed by atoms with Crippen LogP contribution in [0.15, 0.2) is 17.0 Å². The molecule has 1 heterocycles. The third-order valence-electron chi connectivity index (χ3n) is 1.52. The summed E-state index contributed by atoms with van der Waals surface area (Å²) < 4.78 is 0. The molecule has 1 aromatic heterocycles. The molecule has 0 spiro atoms. The topological polar surface area (TPSA) is 69.2 Å². The summed E-state index contributed by atoms with van der Waals surface area (Å²) in [6, 6.07) is 1.55. The van der Waals surface area contributed by atoms with E-state index < -0.39 is 0 Å². The molecule has 2 N–H and O–H groups in total. The van der Waals surface area contributed by atoms with E-state index in [-0.39, 0.29) is 9.92 Å². The molecule has 0 aromatic carbocycles. The fourth-order valence-corrected chi connectivity index (χ4v) is 1.54. The van der Waals surface area contributed by atoms with Crippen molar-refractivity contribution in [2.75, 3.05) is 6.54 Å². The number of hydrogen-bond donors (Lipinski definition) is 1. The van der Waals surface area contributed by atoms with Crippen molar-refractivity contribution in [1.82, 2.24) is 0 Å². The SMILES string of the molecule is C/C(=C\c1csc([N+](=O)[O-])c1)CN. The smallest absolute Gasteiger partial charge is 0.324 e. The predicted molar refractivity (Wildman–Crippen MR) is 53.7 cm³/mol. The molecule has 1 aromatic rings. The molecule has 4 nitrogen and oxygen atoms in total. The molecule has 1 rings (SSSR count). The molecule has 0 fully saturated rings. The number of rotatable bonds is 3. The van der Waals surface area contributed by atoms with Crippen LogP contribution in [0.4, 0.5) is 5.00 Å². The molecule has 0 aliphatic carbocycles. The van der Waals surface area contributed by atoms with Gasteiger partial charge < -0.3 is 5.73 Å². The lowest BCUT2D eigenvalue weighted by molar-refractivity contribution is -0.380. The Morgan fingerprint density at radius 3 is 3.00 bits per heavy atom. The molecule has 0 saturated heterocycles. The van der Waals surface area contributed by atoms with Gasteiger partial charge in [0.05, 0.1) is 4.92 Å². The molecule has 0 radical (unpaired) electrons. The molecule has 0 aliphatic rings. The Bertz CT molecular complexity index is 344. The first-order valence-electron chi connectivity index (χ1n) is 3.73. The summed E-state index contributed by atoms with van der Waals surface area (Å²) in [5.74, 6) is 0. The van der Waals surface area contributed by atoms with Crippen molar-refractivity contribution < 1.29 is 4.92 Å². The average Bonchev–Trinajstić information content (AvgIpc) is 2.52. The maximum absolute atomic E-state index is 10.3. The average molecular weight is 198 g/mol. The van der Waals surface area contributed by atoms with Gasteiger partial charge in [0.15, 0.2) is 0 Å². The molecule has 0 atom stereocenters. The summed E-state index contributed by atoms with van der Waals surface area (Å²) >= 11 is 1.13. The van der Waals surface area contributed by atoms with Gasteiger partial charge in [-0.1, -0.05) is 23.0 Å². The van der Waals surface area contributed by atoms with Crippen molar-refractivity contribution in [3.63, 3.8) is 0 Å². The molecule has 5 heteroatoms. The number of nitrogens with two attached hydrogens (primary N) is 1. The maximum Gasteiger partial charge on any atom is 0.324 e. The highest BCUT2D eigenvalue weighted by Crippen LogP contribution is 2.23. The quantitative estimate of drug-likeness (QED) is 0.596. The summed E-state index contributed by atoms with van der Waals surface area (Å²) in [6.07, 6.45) is 1.85. The predicted octanol–water partition coefficient (Wildman–Crippen LogP) is 2.02. The van der Waals surface area contributed by atoms with Crippen LogP contribution in [0.1, 0.15) is 12.5 Å². The second kappa shape index (κ2) is 4.15. The van der Waals surface area contributed by atoms with Crippen LogP contribution >= 0.6 is 11.3 Å². The molecule has 0 aliphatic heterocycles. The maximum atomic E-state index is 10.3. The summed E-state index contributed by atoms with van der Waals surface area (Å²) in [7, 11) is 0. The van der Waals surface area contributed by atoms with E-state index in [2.05, 4.69) is 0 Å². The Morgan fingerprint density at radius 2 is 2.54 bits per heavy atom. The van der Waals surface area contributed by atoms with Crippen LogP contribution in [0.3, 0.4) is 0 Å². The lowest BCUT2D eigenvalue weighted by atomic mass is 10.2. The Kier molecular flexibility index (Phi) is 3.16. The minimum Gasteiger partial charge on any atom is -0.327 e. The molecule has 0 amide bonds. The van der Waals surface area contributed by atoms with Crippen molar-refractivity contribution in [3.8, 4) is 0 Å². The van der Waals surface area contributed by atoms with Crippen LogP contribution in [0.2, 0.25) is 0 Å². The van der Waals surface area contributed by atoms with Crippen molar-refractivity contribution in [3.05, 3.63) is 32.7 Å². The monoisotopic (exact) mass is 198 g/mol. The first-order valence-corrected chi connectivity index (χ1v) is 4.61. The summed E-state index contributed by atoms with van der Waals surface area (Å²) in [6.45, 7) is 2.37. The normalized spacial score (nSPS) is 11.7. The van der Waals surface area contributed by atoms with E-state index in [4.69, 9.17) is 5.73 Å². The van der Waals surface area contributed by atoms with Crippen molar-refractivity contribution >= 4 is 22.4 Å². The van der Waals surface area contributed by atoms with Gasteiger partial charge in [-0.15, -0.1) is 0 Å². The van der Waals surface area contributed by atoms with E-state index in [0.717, 1.165) is 22.5 Å². The van der Waals surface area contributed by atoms with Gasteiger partial charge in [-0.2, -0.15) is 0 Å². The van der Waals surface area contributed by atoms with Gasteiger partial charge in [0, 0.05) is 18.0 Å². The standard InChI is InChI=1S/C8H10N2O2S/c1-6(4-9)2-7-3-8(10(11)12)13-5-7/h2-3,5H,4,9H2,1H3/b6-2+. The van der Waals surface area contributed by atoms with E-state index in [1.54, 1.807) is 11.4 Å². The van der Waals surface area contributed by atoms with Crippen LogP contribution in [0, 0.1) is 10.1 Å². The third-order valence-corrected chi connectivity index (χ3v) is 2.42. The van der Waals surface area contributed by atoms with Crippen LogP contribution in [0.25, 0.3) is 6.08 Å². The molecule has 13 heavy (non-hydrogen) atoms. The number of hydrogen-bond acceptors (Lipinski definition) is 4. The summed E-state index contributed by atoms with van der Waals surface area (Å²) in [5, 5.41) is 12.3. The minimum absolute atomic E-state index is 0.163. The molecule has 0 bridgehead atoms. The highest BCUT2D eigenvalue weighted by atomic mass is 32.1. The van der Waals surface area contributed by atoms with Gasteiger partial charge in [0.25, 0.3) is 0 Å². The van der Waals surface area contributed by atoms with Gasteiger partial charge in [-0.25, -0.2) is 0 Å². The number of nitro groups is 1. The lowest BCUT2D eigenvalue weighted by Crippen LogP contribution is -1.98. The van der Waals surface area contributed by atoms with E-state index in [1.807, 2.05) is 13.0 Å². The van der Waals surface area contributed by atoms with E-state index in [9.17, 15) is 10.1 Å². The molecule has 0 unspecified atom stereocenters. The van der Waals surface area contributed by atoms with Crippen LogP contribution in [0.5, 0.6) is 0 Å². The second-order valence-corrected chi connectivity index (χ2v) is 3.56. The van der Waals surface area contributed by atoms with Crippen LogP contribution < -0.4 is 5.73 Å². The van der Waals surface area contributed by atoms with Gasteiger partial charge in [-0.3, -0.25) is 10.1 Å². The zero-order chi connectivity index (χ0) is 9.84. The number of thiophene rings is 1.